The normalized spacial score (nSPS) is 13.4. The Labute approximate surface area is 103 Å². The fourth-order valence-electron chi connectivity index (χ4n) is 1.50. The third-order valence-electron chi connectivity index (χ3n) is 2.26. The molecule has 1 heterocycles. The van der Waals surface area contributed by atoms with Crippen LogP contribution in [0.5, 0.6) is 0 Å². The van der Waals surface area contributed by atoms with Crippen molar-refractivity contribution >= 4 is 5.97 Å². The summed E-state index contributed by atoms with van der Waals surface area (Å²) in [6.45, 7) is 2.53. The molecular formula is C11H15F3N2O2. The van der Waals surface area contributed by atoms with Gasteiger partial charge >= 0.3 is 12.1 Å². The van der Waals surface area contributed by atoms with Gasteiger partial charge in [-0.2, -0.15) is 18.3 Å². The van der Waals surface area contributed by atoms with Gasteiger partial charge in [0.05, 0.1) is 18.7 Å². The number of aromatic nitrogens is 2. The van der Waals surface area contributed by atoms with Crippen LogP contribution in [0.3, 0.4) is 0 Å². The highest BCUT2D eigenvalue weighted by Crippen LogP contribution is 2.18. The van der Waals surface area contributed by atoms with Gasteiger partial charge in [-0.05, 0) is 18.9 Å². The Hall–Kier alpha value is -1.53. The second-order valence-corrected chi connectivity index (χ2v) is 4.02. The van der Waals surface area contributed by atoms with Crippen LogP contribution in [0.1, 0.15) is 19.4 Å². The summed E-state index contributed by atoms with van der Waals surface area (Å²) in [7, 11) is 0. The first-order valence-corrected chi connectivity index (χ1v) is 5.56. The lowest BCUT2D eigenvalue weighted by atomic mass is 10.0. The fraction of sp³-hybridized carbons (Fsp3) is 0.636. The molecule has 1 rings (SSSR count). The van der Waals surface area contributed by atoms with Gasteiger partial charge in [-0.15, -0.1) is 0 Å². The number of ether oxygens (including phenoxy) is 1. The first kappa shape index (κ1) is 14.5. The molecule has 7 heteroatoms. The van der Waals surface area contributed by atoms with Crippen molar-refractivity contribution in [2.24, 2.45) is 5.92 Å². The van der Waals surface area contributed by atoms with Gasteiger partial charge in [-0.3, -0.25) is 9.48 Å². The number of rotatable bonds is 5. The summed E-state index contributed by atoms with van der Waals surface area (Å²) in [6, 6.07) is 0. The fourth-order valence-corrected chi connectivity index (χ4v) is 1.50. The third kappa shape index (κ3) is 4.77. The Morgan fingerprint density at radius 1 is 1.56 bits per heavy atom. The van der Waals surface area contributed by atoms with Gasteiger partial charge in [0.15, 0.2) is 0 Å². The molecule has 0 saturated carbocycles. The zero-order valence-electron chi connectivity index (χ0n) is 10.2. The van der Waals surface area contributed by atoms with E-state index in [9.17, 15) is 18.0 Å². The Morgan fingerprint density at radius 3 is 2.78 bits per heavy atom. The van der Waals surface area contributed by atoms with Crippen LogP contribution in [-0.4, -0.2) is 28.5 Å². The van der Waals surface area contributed by atoms with Crippen molar-refractivity contribution in [3.8, 4) is 0 Å². The van der Waals surface area contributed by atoms with Gasteiger partial charge < -0.3 is 4.74 Å². The van der Waals surface area contributed by atoms with Crippen LogP contribution < -0.4 is 0 Å². The average molecular weight is 264 g/mol. The van der Waals surface area contributed by atoms with Gasteiger partial charge in [0.25, 0.3) is 0 Å². The van der Waals surface area contributed by atoms with E-state index in [2.05, 4.69) is 5.10 Å². The van der Waals surface area contributed by atoms with Crippen molar-refractivity contribution in [1.82, 2.24) is 9.78 Å². The smallest absolute Gasteiger partial charge is 0.408 e. The first-order chi connectivity index (χ1) is 8.31. The monoisotopic (exact) mass is 264 g/mol. The molecule has 1 aromatic heterocycles. The Kier molecular flexibility index (Phi) is 4.75. The van der Waals surface area contributed by atoms with Gasteiger partial charge in [-0.25, -0.2) is 0 Å². The topological polar surface area (TPSA) is 44.1 Å². The van der Waals surface area contributed by atoms with Crippen molar-refractivity contribution in [3.05, 3.63) is 18.0 Å². The molecule has 0 aliphatic heterocycles. The molecule has 0 aliphatic rings. The maximum Gasteiger partial charge on any atom is 0.408 e. The predicted molar refractivity (Wildman–Crippen MR) is 57.8 cm³/mol. The largest absolute Gasteiger partial charge is 0.466 e. The minimum Gasteiger partial charge on any atom is -0.466 e. The molecule has 0 fully saturated rings. The van der Waals surface area contributed by atoms with E-state index >= 15 is 0 Å². The molecule has 0 N–H and O–H groups in total. The molecule has 4 nitrogen and oxygen atoms in total. The van der Waals surface area contributed by atoms with Crippen LogP contribution in [0.2, 0.25) is 0 Å². The van der Waals surface area contributed by atoms with Crippen molar-refractivity contribution in [1.29, 1.82) is 0 Å². The summed E-state index contributed by atoms with van der Waals surface area (Å²) in [5, 5.41) is 3.60. The van der Waals surface area contributed by atoms with Crippen molar-refractivity contribution in [2.75, 3.05) is 6.61 Å². The van der Waals surface area contributed by atoms with E-state index < -0.39 is 18.6 Å². The van der Waals surface area contributed by atoms with Crippen molar-refractivity contribution in [3.63, 3.8) is 0 Å². The zero-order valence-corrected chi connectivity index (χ0v) is 10.2. The van der Waals surface area contributed by atoms with Crippen LogP contribution >= 0.6 is 0 Å². The second kappa shape index (κ2) is 5.88. The molecule has 18 heavy (non-hydrogen) atoms. The molecule has 0 unspecified atom stereocenters. The van der Waals surface area contributed by atoms with Crippen LogP contribution in [0.15, 0.2) is 12.4 Å². The number of esters is 1. The van der Waals surface area contributed by atoms with Gasteiger partial charge in [-0.1, -0.05) is 6.92 Å². The Balaban J connectivity index is 2.56. The number of alkyl halides is 3. The molecule has 0 radical (unpaired) electrons. The van der Waals surface area contributed by atoms with Gasteiger partial charge in [0.2, 0.25) is 0 Å². The molecule has 0 aromatic carbocycles. The highest BCUT2D eigenvalue weighted by Gasteiger charge is 2.28. The summed E-state index contributed by atoms with van der Waals surface area (Å²) < 4.78 is 42.0. The molecular weight excluding hydrogens is 249 g/mol. The number of nitrogens with zero attached hydrogens (tertiary/aromatic N) is 2. The lowest BCUT2D eigenvalue weighted by Gasteiger charge is -2.08. The van der Waals surface area contributed by atoms with Crippen LogP contribution in [-0.2, 0) is 22.5 Å². The van der Waals surface area contributed by atoms with Gasteiger partial charge in [0, 0.05) is 6.20 Å². The van der Waals surface area contributed by atoms with E-state index in [-0.39, 0.29) is 12.6 Å². The SMILES string of the molecule is CCOC(=O)[C@H](C)Cc1cnn(CC(F)(F)F)c1. The highest BCUT2D eigenvalue weighted by atomic mass is 19.4. The predicted octanol–water partition coefficient (Wildman–Crippen LogP) is 2.19. The summed E-state index contributed by atoms with van der Waals surface area (Å²) in [4.78, 5) is 11.4. The number of carbonyl (C=O) groups is 1. The molecule has 0 bridgehead atoms. The molecule has 0 spiro atoms. The lowest BCUT2D eigenvalue weighted by molar-refractivity contribution is -0.147. The number of hydrogen-bond donors (Lipinski definition) is 0. The maximum absolute atomic E-state index is 12.1. The van der Waals surface area contributed by atoms with E-state index in [0.717, 1.165) is 4.68 Å². The molecule has 0 saturated heterocycles. The summed E-state index contributed by atoms with van der Waals surface area (Å²) in [6.07, 6.45) is -1.35. The highest BCUT2D eigenvalue weighted by molar-refractivity contribution is 5.72. The number of halogens is 3. The summed E-state index contributed by atoms with van der Waals surface area (Å²) in [5.74, 6) is -0.755. The standard InChI is InChI=1S/C11H15F3N2O2/c1-3-18-10(17)8(2)4-9-5-15-16(6-9)7-11(12,13)14/h5-6,8H,3-4,7H2,1-2H3/t8-/m1/s1. The van der Waals surface area contributed by atoms with E-state index in [1.807, 2.05) is 0 Å². The zero-order chi connectivity index (χ0) is 13.8. The van der Waals surface area contributed by atoms with Gasteiger partial charge in [0.1, 0.15) is 6.54 Å². The Bertz CT molecular complexity index is 401. The van der Waals surface area contributed by atoms with E-state index in [1.165, 1.54) is 12.4 Å². The van der Waals surface area contributed by atoms with E-state index in [0.29, 0.717) is 12.0 Å². The lowest BCUT2D eigenvalue weighted by Crippen LogP contribution is -2.18. The summed E-state index contributed by atoms with van der Waals surface area (Å²) in [5.41, 5.74) is 0.583. The van der Waals surface area contributed by atoms with Crippen molar-refractivity contribution < 1.29 is 22.7 Å². The summed E-state index contributed by atoms with van der Waals surface area (Å²) >= 11 is 0. The van der Waals surface area contributed by atoms with E-state index in [1.54, 1.807) is 13.8 Å². The van der Waals surface area contributed by atoms with Crippen LogP contribution in [0, 0.1) is 5.92 Å². The minimum absolute atomic E-state index is 0.288. The average Bonchev–Trinajstić information content (AvgIpc) is 2.63. The molecule has 0 amide bonds. The molecule has 1 atom stereocenters. The quantitative estimate of drug-likeness (QED) is 0.766. The van der Waals surface area contributed by atoms with E-state index in [4.69, 9.17) is 4.74 Å². The second-order valence-electron chi connectivity index (χ2n) is 4.02. The van der Waals surface area contributed by atoms with Crippen LogP contribution in [0.25, 0.3) is 0 Å². The molecule has 102 valence electrons. The first-order valence-electron chi connectivity index (χ1n) is 5.56. The number of hydrogen-bond acceptors (Lipinski definition) is 3. The maximum atomic E-state index is 12.1. The molecule has 0 aliphatic carbocycles. The minimum atomic E-state index is -4.30. The third-order valence-corrected chi connectivity index (χ3v) is 2.26. The van der Waals surface area contributed by atoms with Crippen LogP contribution in [0.4, 0.5) is 13.2 Å². The Morgan fingerprint density at radius 2 is 2.22 bits per heavy atom. The van der Waals surface area contributed by atoms with Crippen molar-refractivity contribution in [2.45, 2.75) is 33.0 Å². The number of carbonyl (C=O) groups excluding carboxylic acids is 1. The molecule has 1 aromatic rings.